The lowest BCUT2D eigenvalue weighted by Gasteiger charge is -2.08. The molecule has 1 amide bonds. The molecule has 3 heterocycles. The number of anilines is 1. The fourth-order valence-corrected chi connectivity index (χ4v) is 3.25. The average molecular weight is 349 g/mol. The van der Waals surface area contributed by atoms with Crippen molar-refractivity contribution in [1.29, 1.82) is 0 Å². The number of amides is 1. The largest absolute Gasteiger partial charge is 0.484 e. The van der Waals surface area contributed by atoms with Gasteiger partial charge in [-0.15, -0.1) is 11.3 Å². The second-order valence-corrected chi connectivity index (χ2v) is 6.31. The molecule has 6 heteroatoms. The molecule has 3 aromatic heterocycles. The van der Waals surface area contributed by atoms with E-state index >= 15 is 0 Å². The van der Waals surface area contributed by atoms with Crippen LogP contribution < -0.4 is 10.1 Å². The minimum absolute atomic E-state index is 0.0615. The molecule has 0 saturated carbocycles. The van der Waals surface area contributed by atoms with Crippen LogP contribution in [0.5, 0.6) is 5.75 Å². The van der Waals surface area contributed by atoms with Crippen molar-refractivity contribution in [3.8, 4) is 16.3 Å². The van der Waals surface area contributed by atoms with Crippen molar-refractivity contribution < 1.29 is 9.53 Å². The number of ether oxygens (including phenoxy) is 1. The number of para-hydroxylation sites is 1. The van der Waals surface area contributed by atoms with Gasteiger partial charge in [-0.3, -0.25) is 9.20 Å². The third kappa shape index (κ3) is 3.25. The van der Waals surface area contributed by atoms with Crippen LogP contribution in [-0.2, 0) is 4.79 Å². The van der Waals surface area contributed by atoms with Crippen LogP contribution in [0.3, 0.4) is 0 Å². The monoisotopic (exact) mass is 349 g/mol. The minimum atomic E-state index is -0.229. The van der Waals surface area contributed by atoms with Crippen molar-refractivity contribution in [2.45, 2.75) is 0 Å². The summed E-state index contributed by atoms with van der Waals surface area (Å²) in [5.41, 5.74) is 1.54. The number of hydrogen-bond donors (Lipinski definition) is 1. The summed E-state index contributed by atoms with van der Waals surface area (Å²) in [5.74, 6) is 1.08. The van der Waals surface area contributed by atoms with E-state index in [0.29, 0.717) is 11.6 Å². The molecule has 0 aliphatic rings. The zero-order valence-corrected chi connectivity index (χ0v) is 14.1. The molecule has 0 atom stereocenters. The zero-order chi connectivity index (χ0) is 17.1. The predicted octanol–water partition coefficient (Wildman–Crippen LogP) is 4.08. The van der Waals surface area contributed by atoms with Crippen LogP contribution in [0.25, 0.3) is 16.2 Å². The van der Waals surface area contributed by atoms with E-state index in [9.17, 15) is 4.79 Å². The van der Waals surface area contributed by atoms with Crippen molar-refractivity contribution in [2.24, 2.45) is 0 Å². The molecule has 0 unspecified atom stereocenters. The van der Waals surface area contributed by atoms with Crippen molar-refractivity contribution >= 4 is 28.7 Å². The Bertz CT molecular complexity index is 994. The summed E-state index contributed by atoms with van der Waals surface area (Å²) in [6.45, 7) is -0.0615. The Morgan fingerprint density at radius 3 is 2.72 bits per heavy atom. The number of rotatable bonds is 5. The predicted molar refractivity (Wildman–Crippen MR) is 99.1 cm³/mol. The molecule has 4 rings (SSSR count). The van der Waals surface area contributed by atoms with Crippen LogP contribution in [-0.4, -0.2) is 21.9 Å². The number of pyridine rings is 1. The average Bonchev–Trinajstić information content (AvgIpc) is 3.29. The fourth-order valence-electron chi connectivity index (χ4n) is 2.53. The first-order valence-electron chi connectivity index (χ1n) is 7.80. The van der Waals surface area contributed by atoms with Gasteiger partial charge >= 0.3 is 0 Å². The number of benzene rings is 1. The summed E-state index contributed by atoms with van der Waals surface area (Å²) in [4.78, 5) is 18.0. The number of aromatic nitrogens is 2. The molecule has 5 nitrogen and oxygen atoms in total. The molecule has 1 aromatic carbocycles. The zero-order valence-electron chi connectivity index (χ0n) is 13.3. The van der Waals surface area contributed by atoms with E-state index in [1.807, 2.05) is 76.6 Å². The van der Waals surface area contributed by atoms with E-state index < -0.39 is 0 Å². The maximum Gasteiger partial charge on any atom is 0.263 e. The molecule has 0 fully saturated rings. The van der Waals surface area contributed by atoms with Crippen LogP contribution in [0.2, 0.25) is 0 Å². The van der Waals surface area contributed by atoms with E-state index in [2.05, 4.69) is 10.3 Å². The number of thiophene rings is 1. The molecule has 0 aliphatic heterocycles. The fraction of sp³-hybridized carbons (Fsp3) is 0.0526. The molecule has 0 bridgehead atoms. The molecule has 25 heavy (non-hydrogen) atoms. The Labute approximate surface area is 148 Å². The highest BCUT2D eigenvalue weighted by Crippen LogP contribution is 2.31. The van der Waals surface area contributed by atoms with Gasteiger partial charge in [0, 0.05) is 6.20 Å². The lowest BCUT2D eigenvalue weighted by Crippen LogP contribution is -2.21. The van der Waals surface area contributed by atoms with Crippen LogP contribution >= 0.6 is 11.3 Å². The molecular formula is C19H15N3O2S. The SMILES string of the molecule is O=C(COc1ccccc1)Nc1c(-c2cccs2)nc2ccccn12. The lowest BCUT2D eigenvalue weighted by atomic mass is 10.3. The Morgan fingerprint density at radius 2 is 1.92 bits per heavy atom. The summed E-state index contributed by atoms with van der Waals surface area (Å²) < 4.78 is 7.39. The number of carbonyl (C=O) groups is 1. The highest BCUT2D eigenvalue weighted by atomic mass is 32.1. The van der Waals surface area contributed by atoms with Gasteiger partial charge in [0.2, 0.25) is 0 Å². The van der Waals surface area contributed by atoms with Gasteiger partial charge < -0.3 is 10.1 Å². The quantitative estimate of drug-likeness (QED) is 0.591. The Balaban J connectivity index is 1.60. The second-order valence-electron chi connectivity index (χ2n) is 5.37. The maximum absolute atomic E-state index is 12.4. The van der Waals surface area contributed by atoms with Gasteiger partial charge in [0.05, 0.1) is 4.88 Å². The maximum atomic E-state index is 12.4. The number of fused-ring (bicyclic) bond motifs is 1. The van der Waals surface area contributed by atoms with E-state index in [1.165, 1.54) is 0 Å². The summed E-state index contributed by atoms with van der Waals surface area (Å²) >= 11 is 1.58. The Hall–Kier alpha value is -3.12. The van der Waals surface area contributed by atoms with Gasteiger partial charge in [-0.25, -0.2) is 4.98 Å². The number of nitrogens with one attached hydrogen (secondary N) is 1. The molecule has 1 N–H and O–H groups in total. The summed E-state index contributed by atoms with van der Waals surface area (Å²) in [6, 6.07) is 19.0. The third-order valence-corrected chi connectivity index (χ3v) is 4.53. The first-order chi connectivity index (χ1) is 12.3. The van der Waals surface area contributed by atoms with Crippen molar-refractivity contribution in [2.75, 3.05) is 11.9 Å². The molecule has 0 spiro atoms. The van der Waals surface area contributed by atoms with Gasteiger partial charge in [0.1, 0.15) is 22.9 Å². The van der Waals surface area contributed by atoms with Crippen LogP contribution in [0.1, 0.15) is 0 Å². The number of carbonyl (C=O) groups excluding carboxylic acids is 1. The highest BCUT2D eigenvalue weighted by Gasteiger charge is 2.17. The van der Waals surface area contributed by atoms with Crippen molar-refractivity contribution in [3.63, 3.8) is 0 Å². The van der Waals surface area contributed by atoms with Gasteiger partial charge in [-0.05, 0) is 35.7 Å². The number of hydrogen-bond acceptors (Lipinski definition) is 4. The van der Waals surface area contributed by atoms with Gasteiger partial charge in [0.25, 0.3) is 5.91 Å². The molecule has 4 aromatic rings. The van der Waals surface area contributed by atoms with Crippen molar-refractivity contribution in [3.05, 3.63) is 72.2 Å². The standard InChI is InChI=1S/C19H15N3O2S/c23-17(13-24-14-7-2-1-3-8-14)21-19-18(15-9-6-12-25-15)20-16-10-4-5-11-22(16)19/h1-12H,13H2,(H,21,23). The van der Waals surface area contributed by atoms with E-state index in [1.54, 1.807) is 11.3 Å². The Morgan fingerprint density at radius 1 is 1.08 bits per heavy atom. The lowest BCUT2D eigenvalue weighted by molar-refractivity contribution is -0.118. The third-order valence-electron chi connectivity index (χ3n) is 3.66. The first kappa shape index (κ1) is 15.4. The van der Waals surface area contributed by atoms with Gasteiger partial charge in [-0.2, -0.15) is 0 Å². The van der Waals surface area contributed by atoms with Crippen LogP contribution in [0.4, 0.5) is 5.82 Å². The van der Waals surface area contributed by atoms with Gasteiger partial charge in [-0.1, -0.05) is 30.3 Å². The van der Waals surface area contributed by atoms with Crippen LogP contribution in [0, 0.1) is 0 Å². The summed E-state index contributed by atoms with van der Waals surface area (Å²) in [5, 5.41) is 4.92. The van der Waals surface area contributed by atoms with E-state index in [-0.39, 0.29) is 12.5 Å². The van der Waals surface area contributed by atoms with E-state index in [0.717, 1.165) is 16.2 Å². The van der Waals surface area contributed by atoms with Gasteiger partial charge in [0.15, 0.2) is 6.61 Å². The minimum Gasteiger partial charge on any atom is -0.484 e. The molecule has 0 saturated heterocycles. The normalized spacial score (nSPS) is 10.7. The topological polar surface area (TPSA) is 55.6 Å². The Kier molecular flexibility index (Phi) is 4.18. The highest BCUT2D eigenvalue weighted by molar-refractivity contribution is 7.13. The molecule has 0 aliphatic carbocycles. The second kappa shape index (κ2) is 6.78. The van der Waals surface area contributed by atoms with Crippen LogP contribution in [0.15, 0.2) is 72.2 Å². The molecule has 124 valence electrons. The summed E-state index contributed by atoms with van der Waals surface area (Å²) in [7, 11) is 0. The van der Waals surface area contributed by atoms with E-state index in [4.69, 9.17) is 4.74 Å². The number of nitrogens with zero attached hydrogens (tertiary/aromatic N) is 2. The summed E-state index contributed by atoms with van der Waals surface area (Å²) in [6.07, 6.45) is 1.88. The molecule has 0 radical (unpaired) electrons. The smallest absolute Gasteiger partial charge is 0.263 e. The molecular weight excluding hydrogens is 334 g/mol. The van der Waals surface area contributed by atoms with Crippen molar-refractivity contribution in [1.82, 2.24) is 9.38 Å². The number of imidazole rings is 1. The first-order valence-corrected chi connectivity index (χ1v) is 8.68.